The predicted octanol–water partition coefficient (Wildman–Crippen LogP) is 2.66. The van der Waals surface area contributed by atoms with Gasteiger partial charge < -0.3 is 10.3 Å². The van der Waals surface area contributed by atoms with Crippen molar-refractivity contribution in [1.29, 1.82) is 0 Å². The highest BCUT2D eigenvalue weighted by atomic mass is 15.2. The Morgan fingerprint density at radius 2 is 1.74 bits per heavy atom. The monoisotopic (exact) mass is 266 g/mol. The van der Waals surface area contributed by atoms with Gasteiger partial charge in [0.2, 0.25) is 0 Å². The van der Waals surface area contributed by atoms with E-state index in [4.69, 9.17) is 5.73 Å². The van der Waals surface area contributed by atoms with Crippen LogP contribution in [-0.4, -0.2) is 33.1 Å². The van der Waals surface area contributed by atoms with Crippen molar-refractivity contribution in [2.75, 3.05) is 6.54 Å². The van der Waals surface area contributed by atoms with Gasteiger partial charge in [0.25, 0.3) is 0 Å². The summed E-state index contributed by atoms with van der Waals surface area (Å²) < 4.78 is 2.20. The third-order valence-electron chi connectivity index (χ3n) is 3.73. The number of imidazole rings is 1. The molecule has 4 nitrogen and oxygen atoms in total. The Balaban J connectivity index is 2.70. The van der Waals surface area contributed by atoms with E-state index in [9.17, 15) is 0 Å². The van der Waals surface area contributed by atoms with Gasteiger partial charge in [0.15, 0.2) is 0 Å². The smallest absolute Gasteiger partial charge is 0.0949 e. The summed E-state index contributed by atoms with van der Waals surface area (Å²) in [4.78, 5) is 6.75. The molecule has 0 aliphatic heterocycles. The molecule has 0 saturated heterocycles. The Morgan fingerprint density at radius 3 is 2.21 bits per heavy atom. The summed E-state index contributed by atoms with van der Waals surface area (Å²) in [7, 11) is 0. The lowest BCUT2D eigenvalue weighted by Gasteiger charge is -2.31. The van der Waals surface area contributed by atoms with Crippen molar-refractivity contribution in [3.8, 4) is 0 Å². The third kappa shape index (κ3) is 4.32. The molecule has 110 valence electrons. The van der Waals surface area contributed by atoms with Gasteiger partial charge in [-0.05, 0) is 33.6 Å². The molecule has 4 heteroatoms. The molecule has 0 bridgehead atoms. The second-order valence-electron chi connectivity index (χ2n) is 6.21. The molecule has 0 fully saturated rings. The quantitative estimate of drug-likeness (QED) is 0.825. The molecule has 1 rings (SSSR count). The number of aromatic nitrogens is 2. The SMILES string of the molecule is CC(C)C(N)c1cncn1CCN(C(C)C)C(C)C. The minimum Gasteiger partial charge on any atom is -0.332 e. The van der Waals surface area contributed by atoms with E-state index in [0.29, 0.717) is 18.0 Å². The second kappa shape index (κ2) is 7.06. The van der Waals surface area contributed by atoms with Gasteiger partial charge >= 0.3 is 0 Å². The maximum absolute atomic E-state index is 6.23. The largest absolute Gasteiger partial charge is 0.332 e. The Morgan fingerprint density at radius 1 is 1.16 bits per heavy atom. The summed E-state index contributed by atoms with van der Waals surface area (Å²) in [5, 5.41) is 0. The minimum absolute atomic E-state index is 0.0639. The van der Waals surface area contributed by atoms with Gasteiger partial charge in [-0.1, -0.05) is 13.8 Å². The first-order valence-electron chi connectivity index (χ1n) is 7.36. The van der Waals surface area contributed by atoms with Crippen LogP contribution in [-0.2, 0) is 6.54 Å². The minimum atomic E-state index is 0.0639. The molecule has 0 aromatic carbocycles. The molecule has 1 unspecified atom stereocenters. The van der Waals surface area contributed by atoms with Crippen LogP contribution < -0.4 is 5.73 Å². The lowest BCUT2D eigenvalue weighted by molar-refractivity contribution is 0.167. The van der Waals surface area contributed by atoms with Gasteiger partial charge in [-0.3, -0.25) is 4.90 Å². The van der Waals surface area contributed by atoms with Crippen LogP contribution in [0.1, 0.15) is 53.3 Å². The van der Waals surface area contributed by atoms with Crippen molar-refractivity contribution in [1.82, 2.24) is 14.5 Å². The number of hydrogen-bond acceptors (Lipinski definition) is 3. The highest BCUT2D eigenvalue weighted by Crippen LogP contribution is 2.18. The highest BCUT2D eigenvalue weighted by Gasteiger charge is 2.17. The summed E-state index contributed by atoms with van der Waals surface area (Å²) in [6.45, 7) is 15.3. The fraction of sp³-hybridized carbons (Fsp3) is 0.800. The van der Waals surface area contributed by atoms with Gasteiger partial charge in [-0.15, -0.1) is 0 Å². The van der Waals surface area contributed by atoms with Gasteiger partial charge in [0, 0.05) is 37.4 Å². The van der Waals surface area contributed by atoms with Gasteiger partial charge in [0.1, 0.15) is 0 Å². The zero-order chi connectivity index (χ0) is 14.6. The normalized spacial score (nSPS) is 14.1. The molecule has 1 aromatic rings. The topological polar surface area (TPSA) is 47.1 Å². The van der Waals surface area contributed by atoms with Crippen LogP contribution in [0.2, 0.25) is 0 Å². The van der Waals surface area contributed by atoms with E-state index >= 15 is 0 Å². The molecule has 1 heterocycles. The van der Waals surface area contributed by atoms with Crippen LogP contribution in [0.4, 0.5) is 0 Å². The molecule has 0 radical (unpaired) electrons. The summed E-state index contributed by atoms with van der Waals surface area (Å²) in [5.74, 6) is 0.432. The Kier molecular flexibility index (Phi) is 6.01. The average Bonchev–Trinajstić information content (AvgIpc) is 2.75. The standard InChI is InChI=1S/C15H30N4/c1-11(2)15(16)14-9-17-10-18(14)7-8-19(12(3)4)13(5)6/h9-13,15H,7-8,16H2,1-6H3. The maximum Gasteiger partial charge on any atom is 0.0949 e. The number of rotatable bonds is 7. The maximum atomic E-state index is 6.23. The molecular weight excluding hydrogens is 236 g/mol. The zero-order valence-electron chi connectivity index (χ0n) is 13.3. The number of hydrogen-bond donors (Lipinski definition) is 1. The molecule has 0 amide bonds. The molecule has 1 atom stereocenters. The third-order valence-corrected chi connectivity index (χ3v) is 3.73. The van der Waals surface area contributed by atoms with Crippen LogP contribution in [0.25, 0.3) is 0 Å². The van der Waals surface area contributed by atoms with Crippen LogP contribution in [0.5, 0.6) is 0 Å². The molecular formula is C15H30N4. The van der Waals surface area contributed by atoms with Gasteiger partial charge in [0.05, 0.1) is 12.0 Å². The van der Waals surface area contributed by atoms with E-state index in [1.165, 1.54) is 0 Å². The molecule has 19 heavy (non-hydrogen) atoms. The Labute approximate surface area is 118 Å². The Bertz CT molecular complexity index is 360. The average molecular weight is 266 g/mol. The highest BCUT2D eigenvalue weighted by molar-refractivity contribution is 5.05. The zero-order valence-corrected chi connectivity index (χ0v) is 13.3. The first-order valence-corrected chi connectivity index (χ1v) is 7.36. The molecule has 0 aliphatic carbocycles. The van der Waals surface area contributed by atoms with Crippen LogP contribution in [0.3, 0.4) is 0 Å². The van der Waals surface area contributed by atoms with Crippen LogP contribution in [0.15, 0.2) is 12.5 Å². The van der Waals surface area contributed by atoms with Crippen LogP contribution >= 0.6 is 0 Å². The lowest BCUT2D eigenvalue weighted by Crippen LogP contribution is -2.39. The second-order valence-corrected chi connectivity index (χ2v) is 6.21. The fourth-order valence-electron chi connectivity index (χ4n) is 2.47. The summed E-state index contributed by atoms with van der Waals surface area (Å²) in [6, 6.07) is 1.19. The van der Waals surface area contributed by atoms with Crippen molar-refractivity contribution in [3.63, 3.8) is 0 Å². The molecule has 1 aromatic heterocycles. The summed E-state index contributed by atoms with van der Waals surface area (Å²) >= 11 is 0. The van der Waals surface area contributed by atoms with E-state index in [2.05, 4.69) is 56.0 Å². The van der Waals surface area contributed by atoms with Crippen LogP contribution in [0, 0.1) is 5.92 Å². The first-order chi connectivity index (χ1) is 8.84. The summed E-state index contributed by atoms with van der Waals surface area (Å²) in [5.41, 5.74) is 7.38. The molecule has 0 saturated carbocycles. The van der Waals surface area contributed by atoms with E-state index < -0.39 is 0 Å². The summed E-state index contributed by atoms with van der Waals surface area (Å²) in [6.07, 6.45) is 3.80. The molecule has 0 spiro atoms. The molecule has 2 N–H and O–H groups in total. The van der Waals surface area contributed by atoms with E-state index in [1.807, 2.05) is 12.5 Å². The van der Waals surface area contributed by atoms with Crippen molar-refractivity contribution in [3.05, 3.63) is 18.2 Å². The lowest BCUT2D eigenvalue weighted by atomic mass is 10.0. The number of nitrogens with zero attached hydrogens (tertiary/aromatic N) is 3. The van der Waals surface area contributed by atoms with E-state index in [0.717, 1.165) is 18.8 Å². The van der Waals surface area contributed by atoms with Crippen molar-refractivity contribution in [2.24, 2.45) is 11.7 Å². The Hall–Kier alpha value is -0.870. The van der Waals surface area contributed by atoms with Gasteiger partial charge in [-0.25, -0.2) is 4.98 Å². The van der Waals surface area contributed by atoms with E-state index in [1.54, 1.807) is 0 Å². The van der Waals surface area contributed by atoms with E-state index in [-0.39, 0.29) is 6.04 Å². The molecule has 0 aliphatic rings. The van der Waals surface area contributed by atoms with Gasteiger partial charge in [-0.2, -0.15) is 0 Å². The fourth-order valence-corrected chi connectivity index (χ4v) is 2.47. The number of nitrogens with two attached hydrogens (primary N) is 1. The van der Waals surface area contributed by atoms with Crippen molar-refractivity contribution in [2.45, 2.75) is 66.2 Å². The predicted molar refractivity (Wildman–Crippen MR) is 81.0 cm³/mol. The first kappa shape index (κ1) is 16.2. The van der Waals surface area contributed by atoms with Crippen molar-refractivity contribution >= 4 is 0 Å². The van der Waals surface area contributed by atoms with Crippen molar-refractivity contribution < 1.29 is 0 Å².